The van der Waals surface area contributed by atoms with Crippen molar-refractivity contribution in [2.24, 2.45) is 0 Å². The number of rotatable bonds is 7. The van der Waals surface area contributed by atoms with E-state index in [1.54, 1.807) is 0 Å². The lowest BCUT2D eigenvalue weighted by Gasteiger charge is -2.47. The molecule has 1 fully saturated rings. The second kappa shape index (κ2) is 9.21. The maximum absolute atomic E-state index is 12.8. The van der Waals surface area contributed by atoms with Crippen molar-refractivity contribution in [2.75, 3.05) is 26.2 Å². The number of aliphatic hydroxyl groups excluding tert-OH is 1. The van der Waals surface area contributed by atoms with Crippen LogP contribution in [0.1, 0.15) is 75.8 Å². The number of amides is 2. The Kier molecular flexibility index (Phi) is 6.58. The number of urea groups is 1. The number of H-pyrrole nitrogens is 1. The number of nitrogens with zero attached hydrogens (tertiary/aromatic N) is 2. The molecule has 3 N–H and O–H groups in total. The molecule has 0 spiro atoms. The van der Waals surface area contributed by atoms with Crippen molar-refractivity contribution in [2.45, 2.75) is 77.5 Å². The van der Waals surface area contributed by atoms with Crippen LogP contribution in [0.15, 0.2) is 18.2 Å². The Morgan fingerprint density at radius 2 is 2.06 bits per heavy atom. The molecular weight excluding hydrogens is 388 g/mol. The molecule has 2 aliphatic rings. The summed E-state index contributed by atoms with van der Waals surface area (Å²) >= 11 is 0. The van der Waals surface area contributed by atoms with Crippen LogP contribution in [0.2, 0.25) is 0 Å². The van der Waals surface area contributed by atoms with Crippen molar-refractivity contribution in [3.05, 3.63) is 35.0 Å². The molecule has 1 aliphatic heterocycles. The van der Waals surface area contributed by atoms with Gasteiger partial charge in [-0.15, -0.1) is 0 Å². The molecule has 6 heteroatoms. The molecule has 31 heavy (non-hydrogen) atoms. The fourth-order valence-corrected chi connectivity index (χ4v) is 5.83. The fraction of sp³-hybridized carbons (Fsp3) is 0.640. The first-order valence-electron chi connectivity index (χ1n) is 12.1. The Morgan fingerprint density at radius 1 is 1.29 bits per heavy atom. The van der Waals surface area contributed by atoms with E-state index in [-0.39, 0.29) is 12.1 Å². The fourth-order valence-electron chi connectivity index (χ4n) is 5.83. The number of hydrogen-bond donors (Lipinski definition) is 3. The maximum Gasteiger partial charge on any atom is 0.317 e. The van der Waals surface area contributed by atoms with Crippen molar-refractivity contribution < 1.29 is 9.90 Å². The van der Waals surface area contributed by atoms with E-state index in [9.17, 15) is 9.90 Å². The number of benzene rings is 1. The summed E-state index contributed by atoms with van der Waals surface area (Å²) in [6, 6.07) is 7.13. The Labute approximate surface area is 186 Å². The van der Waals surface area contributed by atoms with Crippen LogP contribution >= 0.6 is 0 Å². The highest BCUT2D eigenvalue weighted by Crippen LogP contribution is 2.45. The predicted molar refractivity (Wildman–Crippen MR) is 126 cm³/mol. The first-order valence-corrected chi connectivity index (χ1v) is 12.1. The van der Waals surface area contributed by atoms with Crippen molar-refractivity contribution in [3.8, 4) is 0 Å². The Balaban J connectivity index is 1.69. The molecule has 1 aromatic carbocycles. The summed E-state index contributed by atoms with van der Waals surface area (Å²) in [6.07, 6.45) is 3.28. The molecule has 0 radical (unpaired) electrons. The standard InChI is InChI=1S/C25H38N4O2/c1-5-12-29-15-16(26-25(31)28(7-3)8-4)13-18-17-10-9-11-20-23(17)19(14-21(18)29)24(27-20)22(30)6-2/h9-11,16,18,21-22,27,30H,5-8,12-15H2,1-4H3,(H,26,31)/t16-,18?,21+,22?/m0/s1. The number of hydrogen-bond acceptors (Lipinski definition) is 3. The molecule has 4 rings (SSSR count). The number of aliphatic hydroxyl groups is 1. The molecule has 6 nitrogen and oxygen atoms in total. The monoisotopic (exact) mass is 426 g/mol. The minimum Gasteiger partial charge on any atom is -0.387 e. The molecule has 1 saturated heterocycles. The zero-order valence-corrected chi connectivity index (χ0v) is 19.4. The summed E-state index contributed by atoms with van der Waals surface area (Å²) in [5.41, 5.74) is 4.80. The summed E-state index contributed by atoms with van der Waals surface area (Å²) in [7, 11) is 0. The lowest BCUT2D eigenvalue weighted by atomic mass is 9.73. The lowest BCUT2D eigenvalue weighted by Crippen LogP contribution is -2.58. The molecular formula is C25H38N4O2. The number of nitrogens with one attached hydrogen (secondary N) is 2. The lowest BCUT2D eigenvalue weighted by molar-refractivity contribution is 0.0968. The topological polar surface area (TPSA) is 71.6 Å². The molecule has 0 bridgehead atoms. The average Bonchev–Trinajstić information content (AvgIpc) is 3.15. The molecule has 2 unspecified atom stereocenters. The van der Waals surface area contributed by atoms with Crippen LogP contribution in [0, 0.1) is 0 Å². The van der Waals surface area contributed by atoms with Crippen LogP contribution in [-0.4, -0.2) is 64.2 Å². The number of carbonyl (C=O) groups excluding carboxylic acids is 1. The Hall–Kier alpha value is -2.05. The number of piperidine rings is 1. The second-order valence-corrected chi connectivity index (χ2v) is 9.14. The van der Waals surface area contributed by atoms with Crippen molar-refractivity contribution in [1.82, 2.24) is 20.1 Å². The van der Waals surface area contributed by atoms with Gasteiger partial charge in [0.05, 0.1) is 6.10 Å². The first kappa shape index (κ1) is 22.2. The zero-order chi connectivity index (χ0) is 22.1. The number of likely N-dealkylation sites (tertiary alicyclic amines) is 1. The molecule has 2 heterocycles. The number of aromatic amines is 1. The third-order valence-electron chi connectivity index (χ3n) is 7.34. The predicted octanol–water partition coefficient (Wildman–Crippen LogP) is 4.16. The van der Waals surface area contributed by atoms with Gasteiger partial charge in [0.15, 0.2) is 0 Å². The van der Waals surface area contributed by atoms with E-state index in [0.717, 1.165) is 56.7 Å². The maximum atomic E-state index is 12.8. The van der Waals surface area contributed by atoms with E-state index in [1.165, 1.54) is 16.5 Å². The van der Waals surface area contributed by atoms with Gasteiger partial charge in [0, 0.05) is 54.2 Å². The highest BCUT2D eigenvalue weighted by molar-refractivity contribution is 5.90. The minimum atomic E-state index is -0.448. The van der Waals surface area contributed by atoms with Gasteiger partial charge in [-0.2, -0.15) is 0 Å². The minimum absolute atomic E-state index is 0.0506. The van der Waals surface area contributed by atoms with E-state index in [1.807, 2.05) is 25.7 Å². The summed E-state index contributed by atoms with van der Waals surface area (Å²) in [5, 5.41) is 15.3. The third kappa shape index (κ3) is 3.96. The van der Waals surface area contributed by atoms with Crippen LogP contribution in [0.3, 0.4) is 0 Å². The van der Waals surface area contributed by atoms with Crippen molar-refractivity contribution >= 4 is 16.9 Å². The highest BCUT2D eigenvalue weighted by Gasteiger charge is 2.42. The van der Waals surface area contributed by atoms with E-state index < -0.39 is 6.10 Å². The third-order valence-corrected chi connectivity index (χ3v) is 7.34. The molecule has 2 aromatic rings. The largest absolute Gasteiger partial charge is 0.387 e. The van der Waals surface area contributed by atoms with Gasteiger partial charge in [0.1, 0.15) is 0 Å². The molecule has 0 saturated carbocycles. The summed E-state index contributed by atoms with van der Waals surface area (Å²) in [4.78, 5) is 20.7. The van der Waals surface area contributed by atoms with E-state index >= 15 is 0 Å². The normalized spacial score (nSPS) is 24.1. The van der Waals surface area contributed by atoms with Gasteiger partial charge in [-0.05, 0) is 63.3 Å². The molecule has 2 amide bonds. The van der Waals surface area contributed by atoms with Crippen molar-refractivity contribution in [1.29, 1.82) is 0 Å². The van der Waals surface area contributed by atoms with Gasteiger partial charge in [-0.1, -0.05) is 26.0 Å². The summed E-state index contributed by atoms with van der Waals surface area (Å²) in [5.74, 6) is 0.390. The number of carbonyl (C=O) groups is 1. The average molecular weight is 427 g/mol. The molecule has 170 valence electrons. The van der Waals surface area contributed by atoms with Gasteiger partial charge >= 0.3 is 6.03 Å². The molecule has 1 aromatic heterocycles. The van der Waals surface area contributed by atoms with Crippen LogP contribution in [0.5, 0.6) is 0 Å². The highest BCUT2D eigenvalue weighted by atomic mass is 16.3. The van der Waals surface area contributed by atoms with E-state index in [0.29, 0.717) is 18.4 Å². The summed E-state index contributed by atoms with van der Waals surface area (Å²) in [6.45, 7) is 11.7. The first-order chi connectivity index (χ1) is 15.0. The smallest absolute Gasteiger partial charge is 0.317 e. The van der Waals surface area contributed by atoms with Crippen LogP contribution in [0.4, 0.5) is 4.79 Å². The van der Waals surface area contributed by atoms with Gasteiger partial charge in [-0.3, -0.25) is 4.90 Å². The Morgan fingerprint density at radius 3 is 2.74 bits per heavy atom. The second-order valence-electron chi connectivity index (χ2n) is 9.14. The van der Waals surface area contributed by atoms with Gasteiger partial charge < -0.3 is 20.3 Å². The number of fused-ring (bicyclic) bond motifs is 2. The molecule has 1 aliphatic carbocycles. The zero-order valence-electron chi connectivity index (χ0n) is 19.4. The quantitative estimate of drug-likeness (QED) is 0.623. The van der Waals surface area contributed by atoms with Gasteiger partial charge in [0.25, 0.3) is 0 Å². The van der Waals surface area contributed by atoms with Crippen molar-refractivity contribution in [3.63, 3.8) is 0 Å². The van der Waals surface area contributed by atoms with Gasteiger partial charge in [-0.25, -0.2) is 4.79 Å². The van der Waals surface area contributed by atoms with E-state index in [2.05, 4.69) is 40.3 Å². The number of aromatic nitrogens is 1. The SMILES string of the molecule is CCCN1C[C@@H](NC(=O)N(CC)CC)CC2c3cccc4[nH]c(C(O)CC)c(c34)C[C@H]21. The van der Waals surface area contributed by atoms with Crippen LogP contribution in [-0.2, 0) is 6.42 Å². The van der Waals surface area contributed by atoms with E-state index in [4.69, 9.17) is 0 Å². The van der Waals surface area contributed by atoms with Gasteiger partial charge in [0.2, 0.25) is 0 Å². The van der Waals surface area contributed by atoms with Crippen LogP contribution in [0.25, 0.3) is 10.9 Å². The Bertz CT molecular complexity index is 920. The summed E-state index contributed by atoms with van der Waals surface area (Å²) < 4.78 is 0. The molecule has 4 atom stereocenters. The van der Waals surface area contributed by atoms with Crippen LogP contribution < -0.4 is 5.32 Å².